The second-order valence-corrected chi connectivity index (χ2v) is 5.09. The fraction of sp³-hybridized carbons (Fsp3) is 0.125. The molecule has 0 bridgehead atoms. The third kappa shape index (κ3) is 3.38. The Labute approximate surface area is 132 Å². The van der Waals surface area contributed by atoms with Gasteiger partial charge in [0.1, 0.15) is 6.61 Å². The molecule has 0 spiro atoms. The zero-order valence-corrected chi connectivity index (χ0v) is 12.3. The van der Waals surface area contributed by atoms with Gasteiger partial charge in [0.2, 0.25) is 6.10 Å². The molecular weight excluding hydrogens is 304 g/mol. The number of amides is 1. The number of carbonyl (C=O) groups excluding carboxylic acids is 1. The first-order valence-electron chi connectivity index (χ1n) is 6.69. The average Bonchev–Trinajstić information content (AvgIpc) is 2.56. The van der Waals surface area contributed by atoms with E-state index in [4.69, 9.17) is 21.1 Å². The van der Waals surface area contributed by atoms with Gasteiger partial charge in [-0.25, -0.2) is 5.43 Å². The lowest BCUT2D eigenvalue weighted by molar-refractivity contribution is -0.130. The van der Waals surface area contributed by atoms with Crippen molar-refractivity contribution in [1.82, 2.24) is 5.43 Å². The molecule has 1 aliphatic heterocycles. The minimum Gasteiger partial charge on any atom is -0.485 e. The van der Waals surface area contributed by atoms with Crippen LogP contribution in [0.2, 0.25) is 5.02 Å². The van der Waals surface area contributed by atoms with Gasteiger partial charge in [0.05, 0.1) is 6.21 Å². The molecule has 1 amide bonds. The maximum atomic E-state index is 12.0. The first-order chi connectivity index (χ1) is 10.7. The van der Waals surface area contributed by atoms with Gasteiger partial charge in [-0.1, -0.05) is 35.9 Å². The molecule has 3 rings (SSSR count). The van der Waals surface area contributed by atoms with Crippen molar-refractivity contribution in [2.24, 2.45) is 5.10 Å². The highest BCUT2D eigenvalue weighted by molar-refractivity contribution is 6.30. The van der Waals surface area contributed by atoms with E-state index in [0.29, 0.717) is 16.5 Å². The third-order valence-electron chi connectivity index (χ3n) is 3.06. The molecule has 1 atom stereocenters. The maximum absolute atomic E-state index is 12.0. The third-order valence-corrected chi connectivity index (χ3v) is 3.31. The fourth-order valence-corrected chi connectivity index (χ4v) is 2.07. The number of fused-ring (bicyclic) bond motifs is 1. The molecular formula is C16H13ClN2O3. The first-order valence-corrected chi connectivity index (χ1v) is 7.07. The van der Waals surface area contributed by atoms with Crippen LogP contribution in [0.15, 0.2) is 53.6 Å². The largest absolute Gasteiger partial charge is 0.485 e. The predicted molar refractivity (Wildman–Crippen MR) is 83.5 cm³/mol. The number of carbonyl (C=O) groups is 1. The number of nitrogens with zero attached hydrogens (tertiary/aromatic N) is 1. The van der Waals surface area contributed by atoms with Crippen LogP contribution >= 0.6 is 11.6 Å². The number of hydrogen-bond donors (Lipinski definition) is 1. The summed E-state index contributed by atoms with van der Waals surface area (Å²) in [6.45, 7) is 0.152. The van der Waals surface area contributed by atoms with Crippen molar-refractivity contribution in [2.45, 2.75) is 6.10 Å². The summed E-state index contributed by atoms with van der Waals surface area (Å²) in [5, 5.41) is 4.55. The Kier molecular flexibility index (Phi) is 4.25. The molecule has 0 aliphatic carbocycles. The molecule has 0 aromatic heterocycles. The van der Waals surface area contributed by atoms with E-state index < -0.39 is 6.10 Å². The van der Waals surface area contributed by atoms with E-state index >= 15 is 0 Å². The van der Waals surface area contributed by atoms with Crippen LogP contribution in [0.1, 0.15) is 5.56 Å². The standard InChI is InChI=1S/C16H13ClN2O3/c17-12-7-5-11(6-8-12)9-18-19-16(20)15-10-21-13-3-1-2-4-14(13)22-15/h1-9,15H,10H2,(H,19,20)/b18-9-/t15-/m0/s1. The van der Waals surface area contributed by atoms with Crippen LogP contribution < -0.4 is 14.9 Å². The van der Waals surface area contributed by atoms with Gasteiger partial charge in [-0.3, -0.25) is 4.79 Å². The molecule has 0 radical (unpaired) electrons. The number of benzene rings is 2. The summed E-state index contributed by atoms with van der Waals surface area (Å²) in [6, 6.07) is 14.3. The second-order valence-electron chi connectivity index (χ2n) is 4.65. The van der Waals surface area contributed by atoms with E-state index in [-0.39, 0.29) is 12.5 Å². The zero-order valence-electron chi connectivity index (χ0n) is 11.5. The first kappa shape index (κ1) is 14.4. The molecule has 112 valence electrons. The van der Waals surface area contributed by atoms with Gasteiger partial charge in [0.15, 0.2) is 11.5 Å². The smallest absolute Gasteiger partial charge is 0.284 e. The summed E-state index contributed by atoms with van der Waals surface area (Å²) in [7, 11) is 0. The van der Waals surface area contributed by atoms with Crippen molar-refractivity contribution in [2.75, 3.05) is 6.61 Å². The Balaban J connectivity index is 1.58. The minimum atomic E-state index is -0.725. The Hall–Kier alpha value is -2.53. The van der Waals surface area contributed by atoms with E-state index in [1.165, 1.54) is 6.21 Å². The fourth-order valence-electron chi connectivity index (χ4n) is 1.94. The Morgan fingerprint density at radius 2 is 1.91 bits per heavy atom. The number of ether oxygens (including phenoxy) is 2. The number of hydrazone groups is 1. The highest BCUT2D eigenvalue weighted by Crippen LogP contribution is 2.30. The van der Waals surface area contributed by atoms with Crippen LogP contribution in [-0.4, -0.2) is 24.8 Å². The lowest BCUT2D eigenvalue weighted by Gasteiger charge is -2.24. The topological polar surface area (TPSA) is 59.9 Å². The van der Waals surface area contributed by atoms with E-state index in [9.17, 15) is 4.79 Å². The van der Waals surface area contributed by atoms with Crippen molar-refractivity contribution >= 4 is 23.7 Å². The van der Waals surface area contributed by atoms with Crippen LogP contribution in [0.5, 0.6) is 11.5 Å². The van der Waals surface area contributed by atoms with Gasteiger partial charge in [0.25, 0.3) is 5.91 Å². The molecule has 6 heteroatoms. The molecule has 1 heterocycles. The Bertz CT molecular complexity index is 701. The quantitative estimate of drug-likeness (QED) is 0.699. The highest BCUT2D eigenvalue weighted by Gasteiger charge is 2.26. The van der Waals surface area contributed by atoms with Crippen molar-refractivity contribution in [3.8, 4) is 11.5 Å². The van der Waals surface area contributed by atoms with E-state index in [2.05, 4.69) is 10.5 Å². The van der Waals surface area contributed by atoms with Gasteiger partial charge in [-0.05, 0) is 29.8 Å². The van der Waals surface area contributed by atoms with Crippen molar-refractivity contribution in [1.29, 1.82) is 0 Å². The SMILES string of the molecule is O=C(N/N=C\c1ccc(Cl)cc1)[C@@H]1COc2ccccc2O1. The Morgan fingerprint density at radius 3 is 2.68 bits per heavy atom. The van der Waals surface area contributed by atoms with Crippen LogP contribution in [-0.2, 0) is 4.79 Å². The molecule has 2 aromatic carbocycles. The molecule has 0 unspecified atom stereocenters. The summed E-state index contributed by atoms with van der Waals surface area (Å²) >= 11 is 5.79. The number of rotatable bonds is 3. The summed E-state index contributed by atoms with van der Waals surface area (Å²) in [5.74, 6) is 0.825. The highest BCUT2D eigenvalue weighted by atomic mass is 35.5. The normalized spacial score (nSPS) is 16.5. The van der Waals surface area contributed by atoms with Crippen molar-refractivity contribution in [3.05, 3.63) is 59.1 Å². The van der Waals surface area contributed by atoms with Gasteiger partial charge in [-0.2, -0.15) is 5.10 Å². The van der Waals surface area contributed by atoms with Crippen LogP contribution in [0.25, 0.3) is 0 Å². The van der Waals surface area contributed by atoms with Gasteiger partial charge >= 0.3 is 0 Å². The summed E-state index contributed by atoms with van der Waals surface area (Å²) in [6.07, 6.45) is 0.809. The van der Waals surface area contributed by atoms with E-state index in [0.717, 1.165) is 5.56 Å². The molecule has 22 heavy (non-hydrogen) atoms. The molecule has 2 aromatic rings. The number of para-hydroxylation sites is 2. The van der Waals surface area contributed by atoms with Crippen LogP contribution in [0.4, 0.5) is 0 Å². The lowest BCUT2D eigenvalue weighted by Crippen LogP contribution is -2.42. The van der Waals surface area contributed by atoms with Gasteiger partial charge in [0, 0.05) is 5.02 Å². The molecule has 1 N–H and O–H groups in total. The van der Waals surface area contributed by atoms with Crippen molar-refractivity contribution in [3.63, 3.8) is 0 Å². The zero-order chi connectivity index (χ0) is 15.4. The number of nitrogens with one attached hydrogen (secondary N) is 1. The monoisotopic (exact) mass is 316 g/mol. The lowest BCUT2D eigenvalue weighted by atomic mass is 10.2. The summed E-state index contributed by atoms with van der Waals surface area (Å²) < 4.78 is 11.1. The van der Waals surface area contributed by atoms with Gasteiger partial charge < -0.3 is 9.47 Å². The van der Waals surface area contributed by atoms with Crippen LogP contribution in [0, 0.1) is 0 Å². The molecule has 5 nitrogen and oxygen atoms in total. The van der Waals surface area contributed by atoms with E-state index in [1.807, 2.05) is 12.1 Å². The Morgan fingerprint density at radius 1 is 1.18 bits per heavy atom. The van der Waals surface area contributed by atoms with E-state index in [1.54, 1.807) is 36.4 Å². The molecule has 0 saturated heterocycles. The maximum Gasteiger partial charge on any atom is 0.284 e. The summed E-state index contributed by atoms with van der Waals surface area (Å²) in [5.41, 5.74) is 3.27. The molecule has 1 aliphatic rings. The number of halogens is 1. The van der Waals surface area contributed by atoms with Gasteiger partial charge in [-0.15, -0.1) is 0 Å². The van der Waals surface area contributed by atoms with Crippen molar-refractivity contribution < 1.29 is 14.3 Å². The average molecular weight is 317 g/mol. The second kappa shape index (κ2) is 6.49. The minimum absolute atomic E-state index is 0.152. The molecule has 0 saturated carbocycles. The number of hydrogen-bond acceptors (Lipinski definition) is 4. The summed E-state index contributed by atoms with van der Waals surface area (Å²) in [4.78, 5) is 12.0. The van der Waals surface area contributed by atoms with Crippen LogP contribution in [0.3, 0.4) is 0 Å². The predicted octanol–water partition coefficient (Wildman–Crippen LogP) is 2.63. The molecule has 0 fully saturated rings.